The van der Waals surface area contributed by atoms with Gasteiger partial charge in [-0.2, -0.15) is 5.10 Å². The average Bonchev–Trinajstić information content (AvgIpc) is 2.71. The maximum Gasteiger partial charge on any atom is 0.271 e. The van der Waals surface area contributed by atoms with E-state index in [0.29, 0.717) is 5.69 Å². The van der Waals surface area contributed by atoms with Crippen LogP contribution in [-0.2, 0) is 10.0 Å². The molecule has 6 nitrogen and oxygen atoms in total. The lowest BCUT2D eigenvalue weighted by Crippen LogP contribution is -2.19. The monoisotopic (exact) mass is 407 g/mol. The Morgan fingerprint density at radius 1 is 0.931 bits per heavy atom. The molecule has 0 unspecified atom stereocenters. The molecule has 0 spiro atoms. The van der Waals surface area contributed by atoms with Gasteiger partial charge in [0.1, 0.15) is 0 Å². The fraction of sp³-hybridized carbons (Fsp3) is 0.0909. The van der Waals surface area contributed by atoms with E-state index in [1.165, 1.54) is 30.5 Å². The van der Waals surface area contributed by atoms with Gasteiger partial charge < -0.3 is 0 Å². The van der Waals surface area contributed by atoms with Crippen LogP contribution >= 0.6 is 0 Å². The van der Waals surface area contributed by atoms with E-state index in [2.05, 4.69) is 15.2 Å². The summed E-state index contributed by atoms with van der Waals surface area (Å²) in [4.78, 5) is 12.3. The lowest BCUT2D eigenvalue weighted by molar-refractivity contribution is 0.0955. The fourth-order valence-corrected chi connectivity index (χ4v) is 3.88. The van der Waals surface area contributed by atoms with Crippen molar-refractivity contribution in [1.29, 1.82) is 0 Å². The maximum atomic E-state index is 12.7. The second kappa shape index (κ2) is 8.70. The van der Waals surface area contributed by atoms with Crippen molar-refractivity contribution in [1.82, 2.24) is 5.43 Å². The predicted octanol–water partition coefficient (Wildman–Crippen LogP) is 3.87. The van der Waals surface area contributed by atoms with Crippen LogP contribution in [0.5, 0.6) is 0 Å². The molecule has 0 saturated carbocycles. The summed E-state index contributed by atoms with van der Waals surface area (Å²) >= 11 is 0. The van der Waals surface area contributed by atoms with Crippen molar-refractivity contribution >= 4 is 27.8 Å². The Balaban J connectivity index is 1.75. The largest absolute Gasteiger partial charge is 0.279 e. The highest BCUT2D eigenvalue weighted by molar-refractivity contribution is 7.92. The molecule has 0 fully saturated rings. The number of hydrogen-bond donors (Lipinski definition) is 2. The minimum absolute atomic E-state index is 0.00263. The zero-order valence-corrected chi connectivity index (χ0v) is 16.9. The summed E-state index contributed by atoms with van der Waals surface area (Å²) in [5, 5.41) is 3.91. The fourth-order valence-electron chi connectivity index (χ4n) is 2.71. The van der Waals surface area contributed by atoms with Crippen LogP contribution in [0.2, 0.25) is 0 Å². The number of hydrazone groups is 1. The molecule has 3 rings (SSSR count). The van der Waals surface area contributed by atoms with Gasteiger partial charge in [-0.3, -0.25) is 9.52 Å². The molecule has 7 heteroatoms. The lowest BCUT2D eigenvalue weighted by atomic mass is 10.1. The van der Waals surface area contributed by atoms with E-state index in [0.717, 1.165) is 16.7 Å². The second-order valence-corrected chi connectivity index (χ2v) is 8.24. The first-order valence-electron chi connectivity index (χ1n) is 8.94. The Bertz CT molecular complexity index is 1160. The Morgan fingerprint density at radius 2 is 1.69 bits per heavy atom. The van der Waals surface area contributed by atoms with Crippen molar-refractivity contribution in [3.05, 3.63) is 95.1 Å². The van der Waals surface area contributed by atoms with Gasteiger partial charge in [-0.25, -0.2) is 13.8 Å². The van der Waals surface area contributed by atoms with Crippen LogP contribution in [0.1, 0.15) is 27.0 Å². The quantitative estimate of drug-likeness (QED) is 0.480. The summed E-state index contributed by atoms with van der Waals surface area (Å²) < 4.78 is 28.1. The van der Waals surface area contributed by atoms with Crippen molar-refractivity contribution < 1.29 is 13.2 Å². The number of nitrogens with zero attached hydrogens (tertiary/aromatic N) is 1. The molecule has 29 heavy (non-hydrogen) atoms. The van der Waals surface area contributed by atoms with E-state index in [9.17, 15) is 13.2 Å². The number of carbonyl (C=O) groups is 1. The average molecular weight is 407 g/mol. The number of rotatable bonds is 6. The van der Waals surface area contributed by atoms with E-state index >= 15 is 0 Å². The van der Waals surface area contributed by atoms with E-state index in [-0.39, 0.29) is 10.5 Å². The number of sulfonamides is 1. The Hall–Kier alpha value is -3.45. The van der Waals surface area contributed by atoms with Gasteiger partial charge >= 0.3 is 0 Å². The molecule has 0 aliphatic heterocycles. The number of carbonyl (C=O) groups excluding carboxylic acids is 1. The van der Waals surface area contributed by atoms with Gasteiger partial charge in [-0.1, -0.05) is 54.1 Å². The first-order chi connectivity index (χ1) is 13.8. The number of nitrogens with one attached hydrogen (secondary N) is 2. The van der Waals surface area contributed by atoms with Crippen LogP contribution in [-0.4, -0.2) is 20.5 Å². The minimum Gasteiger partial charge on any atom is -0.279 e. The van der Waals surface area contributed by atoms with Crippen molar-refractivity contribution in [2.45, 2.75) is 18.7 Å². The van der Waals surface area contributed by atoms with Gasteiger partial charge in [-0.05, 0) is 49.2 Å². The molecule has 1 amide bonds. The molecule has 0 heterocycles. The number of anilines is 1. The summed E-state index contributed by atoms with van der Waals surface area (Å²) in [6.07, 6.45) is 1.51. The van der Waals surface area contributed by atoms with Crippen molar-refractivity contribution in [2.75, 3.05) is 4.72 Å². The summed E-state index contributed by atoms with van der Waals surface area (Å²) in [5.74, 6) is -0.499. The molecule has 3 aromatic rings. The number of aryl methyl sites for hydroxylation is 2. The highest BCUT2D eigenvalue weighted by atomic mass is 32.2. The first kappa shape index (κ1) is 20.3. The van der Waals surface area contributed by atoms with Crippen molar-refractivity contribution in [3.8, 4) is 0 Å². The third kappa shape index (κ3) is 5.30. The SMILES string of the molecule is Cc1ccc(NS(=O)(=O)c2cccc(C(=O)NN=Cc3ccccc3)c2)c(C)c1. The standard InChI is InChI=1S/C22H21N3O3S/c1-16-11-12-21(17(2)13-16)25-29(27,28)20-10-6-9-19(14-20)22(26)24-23-15-18-7-4-3-5-8-18/h3-15,25H,1-2H3,(H,24,26). The van der Waals surface area contributed by atoms with Crippen LogP contribution in [0.3, 0.4) is 0 Å². The molecule has 0 aliphatic carbocycles. The van der Waals surface area contributed by atoms with Crippen LogP contribution in [0.15, 0.2) is 82.8 Å². The zero-order valence-electron chi connectivity index (χ0n) is 16.1. The highest BCUT2D eigenvalue weighted by Gasteiger charge is 2.17. The van der Waals surface area contributed by atoms with E-state index < -0.39 is 15.9 Å². The van der Waals surface area contributed by atoms with Crippen molar-refractivity contribution in [2.24, 2.45) is 5.10 Å². The lowest BCUT2D eigenvalue weighted by Gasteiger charge is -2.12. The summed E-state index contributed by atoms with van der Waals surface area (Å²) in [7, 11) is -3.84. The summed E-state index contributed by atoms with van der Waals surface area (Å²) in [6, 6.07) is 20.6. The molecule has 0 radical (unpaired) electrons. The molecule has 148 valence electrons. The van der Waals surface area contributed by atoms with Gasteiger partial charge in [0.05, 0.1) is 16.8 Å². The normalized spacial score (nSPS) is 11.4. The van der Waals surface area contributed by atoms with Gasteiger partial charge in [0, 0.05) is 5.56 Å². The van der Waals surface area contributed by atoms with Crippen LogP contribution in [0.4, 0.5) is 5.69 Å². The topological polar surface area (TPSA) is 87.6 Å². The molecular weight excluding hydrogens is 386 g/mol. The Kier molecular flexibility index (Phi) is 6.09. The van der Waals surface area contributed by atoms with Crippen LogP contribution < -0.4 is 10.1 Å². The summed E-state index contributed by atoms with van der Waals surface area (Å²) in [5.41, 5.74) is 5.79. The van der Waals surface area contributed by atoms with Crippen LogP contribution in [0.25, 0.3) is 0 Å². The van der Waals surface area contributed by atoms with E-state index in [4.69, 9.17) is 0 Å². The Labute approximate surface area is 170 Å². The van der Waals surface area contributed by atoms with Gasteiger partial charge in [-0.15, -0.1) is 0 Å². The van der Waals surface area contributed by atoms with Crippen molar-refractivity contribution in [3.63, 3.8) is 0 Å². The number of amides is 1. The third-order valence-electron chi connectivity index (χ3n) is 4.21. The molecular formula is C22H21N3O3S. The smallest absolute Gasteiger partial charge is 0.271 e. The van der Waals surface area contributed by atoms with Gasteiger partial charge in [0.2, 0.25) is 0 Å². The van der Waals surface area contributed by atoms with Crippen LogP contribution in [0, 0.1) is 13.8 Å². The molecule has 0 aliphatic rings. The second-order valence-electron chi connectivity index (χ2n) is 6.56. The molecule has 0 bridgehead atoms. The summed E-state index contributed by atoms with van der Waals surface area (Å²) in [6.45, 7) is 3.77. The number of hydrogen-bond acceptors (Lipinski definition) is 4. The number of benzene rings is 3. The molecule has 0 saturated heterocycles. The molecule has 0 atom stereocenters. The van der Waals surface area contributed by atoms with E-state index in [1.54, 1.807) is 6.07 Å². The Morgan fingerprint density at radius 3 is 2.41 bits per heavy atom. The predicted molar refractivity (Wildman–Crippen MR) is 115 cm³/mol. The van der Waals surface area contributed by atoms with E-state index in [1.807, 2.05) is 56.3 Å². The first-order valence-corrected chi connectivity index (χ1v) is 10.4. The van der Waals surface area contributed by atoms with Gasteiger partial charge in [0.25, 0.3) is 15.9 Å². The molecule has 0 aromatic heterocycles. The molecule has 2 N–H and O–H groups in total. The highest BCUT2D eigenvalue weighted by Crippen LogP contribution is 2.21. The molecule has 3 aromatic carbocycles. The third-order valence-corrected chi connectivity index (χ3v) is 5.58. The van der Waals surface area contributed by atoms with Gasteiger partial charge in [0.15, 0.2) is 0 Å². The maximum absolute atomic E-state index is 12.7. The zero-order chi connectivity index (χ0) is 20.9. The minimum atomic E-state index is -3.84.